The summed E-state index contributed by atoms with van der Waals surface area (Å²) >= 11 is 0. The van der Waals surface area contributed by atoms with Crippen LogP contribution in [0.3, 0.4) is 0 Å². The number of aromatic nitrogens is 3. The molecule has 1 aromatic heterocycles. The highest BCUT2D eigenvalue weighted by Gasteiger charge is 2.31. The van der Waals surface area contributed by atoms with E-state index in [-0.39, 0.29) is 23.6 Å². The van der Waals surface area contributed by atoms with Gasteiger partial charge >= 0.3 is 0 Å². The van der Waals surface area contributed by atoms with E-state index in [0.717, 1.165) is 0 Å². The van der Waals surface area contributed by atoms with Crippen LogP contribution in [0.25, 0.3) is 0 Å². The zero-order chi connectivity index (χ0) is 14.0. The minimum atomic E-state index is -2.91. The third kappa shape index (κ3) is 3.52. The van der Waals surface area contributed by atoms with Gasteiger partial charge in [0.2, 0.25) is 5.95 Å². The molecule has 19 heavy (non-hydrogen) atoms. The fraction of sp³-hybridized carbons (Fsp3) is 0.727. The highest BCUT2D eigenvalue weighted by Crippen LogP contribution is 2.20. The van der Waals surface area contributed by atoms with Gasteiger partial charge < -0.3 is 10.2 Å². The first-order chi connectivity index (χ1) is 8.87. The molecule has 0 aromatic carbocycles. The van der Waals surface area contributed by atoms with E-state index in [1.165, 1.54) is 0 Å². The Bertz CT molecular complexity index is 546. The van der Waals surface area contributed by atoms with E-state index in [1.54, 1.807) is 11.1 Å². The van der Waals surface area contributed by atoms with E-state index in [1.807, 2.05) is 20.9 Å². The molecule has 2 rings (SSSR count). The van der Waals surface area contributed by atoms with Crippen molar-refractivity contribution in [1.29, 1.82) is 0 Å². The smallest absolute Gasteiger partial charge is 0.247 e. The maximum atomic E-state index is 11.5. The van der Waals surface area contributed by atoms with Gasteiger partial charge in [0.25, 0.3) is 0 Å². The van der Waals surface area contributed by atoms with Gasteiger partial charge in [-0.25, -0.2) is 8.42 Å². The fourth-order valence-corrected chi connectivity index (χ4v) is 3.83. The Balaban J connectivity index is 2.13. The van der Waals surface area contributed by atoms with Gasteiger partial charge in [-0.05, 0) is 20.3 Å². The van der Waals surface area contributed by atoms with Gasteiger partial charge in [-0.15, -0.1) is 5.10 Å². The van der Waals surface area contributed by atoms with Crippen molar-refractivity contribution in [3.8, 4) is 0 Å². The van der Waals surface area contributed by atoms with E-state index in [0.29, 0.717) is 18.2 Å². The normalized spacial score (nSPS) is 21.6. The SMILES string of the molecule is CC(C)Nc1cnnc(N(C)C2CCS(=O)(=O)C2)n1. The molecule has 0 spiro atoms. The molecule has 1 aliphatic heterocycles. The first kappa shape index (κ1) is 14.0. The standard InChI is InChI=1S/C11H19N5O2S/c1-8(2)13-10-6-12-15-11(14-10)16(3)9-4-5-19(17,18)7-9/h6,8-9H,4-5,7H2,1-3H3,(H,13,14,15). The molecule has 1 atom stereocenters. The minimum Gasteiger partial charge on any atom is -0.366 e. The molecular formula is C11H19N5O2S. The quantitative estimate of drug-likeness (QED) is 0.852. The predicted octanol–water partition coefficient (Wildman–Crippen LogP) is 0.315. The van der Waals surface area contributed by atoms with E-state index in [4.69, 9.17) is 0 Å². The van der Waals surface area contributed by atoms with Gasteiger partial charge in [-0.2, -0.15) is 10.1 Å². The van der Waals surface area contributed by atoms with Crippen molar-refractivity contribution < 1.29 is 8.42 Å². The zero-order valence-electron chi connectivity index (χ0n) is 11.4. The molecule has 106 valence electrons. The molecule has 0 aliphatic carbocycles. The molecule has 0 saturated carbocycles. The minimum absolute atomic E-state index is 0.0684. The lowest BCUT2D eigenvalue weighted by Crippen LogP contribution is -2.34. The summed E-state index contributed by atoms with van der Waals surface area (Å²) in [6.45, 7) is 4.02. The average Bonchev–Trinajstić information content (AvgIpc) is 2.68. The van der Waals surface area contributed by atoms with E-state index < -0.39 is 9.84 Å². The monoisotopic (exact) mass is 285 g/mol. The van der Waals surface area contributed by atoms with Crippen molar-refractivity contribution in [3.63, 3.8) is 0 Å². The summed E-state index contributed by atoms with van der Waals surface area (Å²) < 4.78 is 23.0. The van der Waals surface area contributed by atoms with Crippen LogP contribution in [0, 0.1) is 0 Å². The molecule has 1 fully saturated rings. The van der Waals surface area contributed by atoms with E-state index in [9.17, 15) is 8.42 Å². The second kappa shape index (κ2) is 5.28. The maximum Gasteiger partial charge on any atom is 0.247 e. The van der Waals surface area contributed by atoms with Gasteiger partial charge in [0.1, 0.15) is 0 Å². The molecule has 1 saturated heterocycles. The summed E-state index contributed by atoms with van der Waals surface area (Å²) in [5.74, 6) is 1.49. The topological polar surface area (TPSA) is 88.1 Å². The summed E-state index contributed by atoms with van der Waals surface area (Å²) in [5.41, 5.74) is 0. The molecule has 1 N–H and O–H groups in total. The van der Waals surface area contributed by atoms with Crippen LogP contribution in [0.4, 0.5) is 11.8 Å². The van der Waals surface area contributed by atoms with Gasteiger partial charge in [0.05, 0.1) is 17.7 Å². The molecule has 2 heterocycles. The summed E-state index contributed by atoms with van der Waals surface area (Å²) in [6, 6.07) is 0.183. The van der Waals surface area contributed by atoms with Crippen LogP contribution in [0.5, 0.6) is 0 Å². The summed E-state index contributed by atoms with van der Waals surface area (Å²) in [7, 11) is -1.10. The number of hydrogen-bond acceptors (Lipinski definition) is 7. The van der Waals surface area contributed by atoms with Gasteiger partial charge in [-0.3, -0.25) is 0 Å². The largest absolute Gasteiger partial charge is 0.366 e. The number of rotatable bonds is 4. The van der Waals surface area contributed by atoms with E-state index in [2.05, 4.69) is 20.5 Å². The van der Waals surface area contributed by atoms with Crippen LogP contribution in [0.2, 0.25) is 0 Å². The maximum absolute atomic E-state index is 11.5. The Hall–Kier alpha value is -1.44. The molecule has 1 aliphatic rings. The Morgan fingerprint density at radius 3 is 2.79 bits per heavy atom. The first-order valence-electron chi connectivity index (χ1n) is 6.27. The van der Waals surface area contributed by atoms with Crippen molar-refractivity contribution in [1.82, 2.24) is 15.2 Å². The zero-order valence-corrected chi connectivity index (χ0v) is 12.2. The number of hydrogen-bond donors (Lipinski definition) is 1. The molecule has 1 aromatic rings. The fourth-order valence-electron chi connectivity index (χ4n) is 2.05. The number of nitrogens with one attached hydrogen (secondary N) is 1. The van der Waals surface area contributed by atoms with E-state index >= 15 is 0 Å². The molecule has 8 heteroatoms. The third-order valence-corrected chi connectivity index (χ3v) is 4.81. The second-order valence-electron chi connectivity index (χ2n) is 5.11. The molecule has 1 unspecified atom stereocenters. The van der Waals surface area contributed by atoms with Crippen molar-refractivity contribution in [2.45, 2.75) is 32.4 Å². The van der Waals surface area contributed by atoms with Crippen LogP contribution in [-0.2, 0) is 9.84 Å². The lowest BCUT2D eigenvalue weighted by atomic mass is 10.2. The van der Waals surface area contributed by atoms with Crippen molar-refractivity contribution >= 4 is 21.6 Å². The van der Waals surface area contributed by atoms with Gasteiger partial charge in [0.15, 0.2) is 15.7 Å². The highest BCUT2D eigenvalue weighted by atomic mass is 32.2. The van der Waals surface area contributed by atoms with Crippen molar-refractivity contribution in [2.75, 3.05) is 28.8 Å². The summed E-state index contributed by atoms with van der Waals surface area (Å²) in [4.78, 5) is 6.15. The van der Waals surface area contributed by atoms with Crippen LogP contribution in [-0.4, -0.2) is 54.2 Å². The first-order valence-corrected chi connectivity index (χ1v) is 8.09. The van der Waals surface area contributed by atoms with Crippen LogP contribution in [0.15, 0.2) is 6.20 Å². The summed E-state index contributed by atoms with van der Waals surface area (Å²) in [6.07, 6.45) is 2.17. The van der Waals surface area contributed by atoms with Crippen LogP contribution < -0.4 is 10.2 Å². The van der Waals surface area contributed by atoms with Crippen molar-refractivity contribution in [3.05, 3.63) is 6.20 Å². The molecule has 7 nitrogen and oxygen atoms in total. The molecule has 0 bridgehead atoms. The summed E-state index contributed by atoms with van der Waals surface area (Å²) in [5, 5.41) is 11.0. The number of sulfone groups is 1. The lowest BCUT2D eigenvalue weighted by Gasteiger charge is -2.23. The second-order valence-corrected chi connectivity index (χ2v) is 7.34. The average molecular weight is 285 g/mol. The molecule has 0 radical (unpaired) electrons. The van der Waals surface area contributed by atoms with Crippen molar-refractivity contribution in [2.24, 2.45) is 0 Å². The molecular weight excluding hydrogens is 266 g/mol. The Kier molecular flexibility index (Phi) is 3.88. The molecule has 0 amide bonds. The Morgan fingerprint density at radius 1 is 1.47 bits per heavy atom. The van der Waals surface area contributed by atoms with Crippen LogP contribution >= 0.6 is 0 Å². The van der Waals surface area contributed by atoms with Crippen LogP contribution in [0.1, 0.15) is 20.3 Å². The number of anilines is 2. The van der Waals surface area contributed by atoms with Gasteiger partial charge in [-0.1, -0.05) is 0 Å². The lowest BCUT2D eigenvalue weighted by molar-refractivity contribution is 0.600. The third-order valence-electron chi connectivity index (χ3n) is 3.06. The van der Waals surface area contributed by atoms with Gasteiger partial charge in [0, 0.05) is 19.1 Å². The predicted molar refractivity (Wildman–Crippen MR) is 74.0 cm³/mol. The Labute approximate surface area is 113 Å². The Morgan fingerprint density at radius 2 is 2.21 bits per heavy atom. The highest BCUT2D eigenvalue weighted by molar-refractivity contribution is 7.91. The number of nitrogens with zero attached hydrogens (tertiary/aromatic N) is 4.